The largest absolute Gasteiger partial charge is 0.364 e. The summed E-state index contributed by atoms with van der Waals surface area (Å²) in [6.45, 7) is 4.21. The fourth-order valence-electron chi connectivity index (χ4n) is 3.60. The van der Waals surface area contributed by atoms with Crippen LogP contribution in [-0.4, -0.2) is 46.3 Å². The highest BCUT2D eigenvalue weighted by Gasteiger charge is 2.20. The number of piperidine rings is 1. The van der Waals surface area contributed by atoms with Crippen molar-refractivity contribution in [3.05, 3.63) is 41.8 Å². The highest BCUT2D eigenvalue weighted by molar-refractivity contribution is 6.00. The zero-order chi connectivity index (χ0) is 17.4. The molecule has 0 unspecified atom stereocenters. The molecule has 0 aliphatic carbocycles. The smallest absolute Gasteiger partial charge is 0.158 e. The number of anilines is 1. The van der Waals surface area contributed by atoms with Crippen LogP contribution in [0.25, 0.3) is 22.2 Å². The molecule has 1 aromatic carbocycles. The van der Waals surface area contributed by atoms with Gasteiger partial charge in [-0.3, -0.25) is 0 Å². The normalized spacial score (nSPS) is 18.6. The molecular weight excluding hydrogens is 317 g/mol. The van der Waals surface area contributed by atoms with Crippen molar-refractivity contribution in [1.29, 1.82) is 0 Å². The molecule has 2 N–H and O–H groups in total. The highest BCUT2D eigenvalue weighted by Crippen LogP contribution is 2.32. The van der Waals surface area contributed by atoms with Gasteiger partial charge in [0.25, 0.3) is 0 Å². The summed E-state index contributed by atoms with van der Waals surface area (Å²) >= 11 is 0. The Hall–Kier alpha value is -2.47. The lowest BCUT2D eigenvalue weighted by Gasteiger charge is -2.30. The van der Waals surface area contributed by atoms with Gasteiger partial charge in [-0.1, -0.05) is 0 Å². The Kier molecular flexibility index (Phi) is 4.13. The van der Waals surface area contributed by atoms with E-state index in [0.29, 0.717) is 6.04 Å². The lowest BCUT2D eigenvalue weighted by atomic mass is 10.1. The molecule has 0 bridgehead atoms. The van der Waals surface area contributed by atoms with Crippen LogP contribution in [-0.2, 0) is 0 Å². The molecule has 3 heterocycles. The average Bonchev–Trinajstić information content (AvgIpc) is 2.99. The van der Waals surface area contributed by atoms with Gasteiger partial charge in [0.1, 0.15) is 11.5 Å². The van der Waals surface area contributed by atoms with Gasteiger partial charge in [0, 0.05) is 29.7 Å². The lowest BCUT2D eigenvalue weighted by Crippen LogP contribution is -2.40. The number of halogens is 1. The van der Waals surface area contributed by atoms with E-state index in [1.54, 1.807) is 12.1 Å². The minimum Gasteiger partial charge on any atom is -0.364 e. The SMILES string of the molecule is Cc1c[nH]c2c(-c3ccc(F)cc3)nnc(N[C@@H]3CCCN(C)C3)c12. The zero-order valence-electron chi connectivity index (χ0n) is 14.5. The van der Waals surface area contributed by atoms with Crippen LogP contribution >= 0.6 is 0 Å². The van der Waals surface area contributed by atoms with E-state index >= 15 is 0 Å². The molecule has 0 spiro atoms. The number of H-pyrrole nitrogens is 1. The number of likely N-dealkylation sites (N-methyl/N-ethyl adjacent to an activating group) is 1. The summed E-state index contributed by atoms with van der Waals surface area (Å²) in [5.74, 6) is 0.565. The molecule has 0 amide bonds. The number of aryl methyl sites for hydroxylation is 1. The number of nitrogens with one attached hydrogen (secondary N) is 2. The first kappa shape index (κ1) is 16.0. The molecule has 5 nitrogen and oxygen atoms in total. The van der Waals surface area contributed by atoms with E-state index < -0.39 is 0 Å². The quantitative estimate of drug-likeness (QED) is 0.766. The van der Waals surface area contributed by atoms with Crippen LogP contribution in [0.1, 0.15) is 18.4 Å². The van der Waals surface area contributed by atoms with Crippen LogP contribution < -0.4 is 5.32 Å². The van der Waals surface area contributed by atoms with Gasteiger partial charge in [-0.25, -0.2) is 4.39 Å². The van der Waals surface area contributed by atoms with Crippen LogP contribution in [0.4, 0.5) is 10.2 Å². The zero-order valence-corrected chi connectivity index (χ0v) is 14.5. The van der Waals surface area contributed by atoms with E-state index in [2.05, 4.69) is 39.4 Å². The number of aromatic nitrogens is 3. The molecule has 1 atom stereocenters. The van der Waals surface area contributed by atoms with Gasteiger partial charge in [-0.15, -0.1) is 10.2 Å². The first-order valence-corrected chi connectivity index (χ1v) is 8.67. The molecule has 6 heteroatoms. The maximum absolute atomic E-state index is 13.2. The summed E-state index contributed by atoms with van der Waals surface area (Å²) in [4.78, 5) is 5.65. The van der Waals surface area contributed by atoms with Crippen molar-refractivity contribution >= 4 is 16.7 Å². The van der Waals surface area contributed by atoms with E-state index in [-0.39, 0.29) is 5.82 Å². The molecule has 1 aliphatic rings. The Morgan fingerprint density at radius 3 is 2.80 bits per heavy atom. The molecule has 130 valence electrons. The number of nitrogens with zero attached hydrogens (tertiary/aromatic N) is 3. The number of fused-ring (bicyclic) bond motifs is 1. The summed E-state index contributed by atoms with van der Waals surface area (Å²) < 4.78 is 13.2. The third-order valence-corrected chi connectivity index (χ3v) is 4.88. The van der Waals surface area contributed by atoms with Crippen molar-refractivity contribution in [2.75, 3.05) is 25.5 Å². The van der Waals surface area contributed by atoms with Crippen molar-refractivity contribution in [3.63, 3.8) is 0 Å². The lowest BCUT2D eigenvalue weighted by molar-refractivity contribution is 0.261. The predicted molar refractivity (Wildman–Crippen MR) is 98.2 cm³/mol. The maximum Gasteiger partial charge on any atom is 0.158 e. The molecule has 4 rings (SSSR count). The first-order valence-electron chi connectivity index (χ1n) is 8.67. The van der Waals surface area contributed by atoms with Gasteiger partial charge in [0.05, 0.1) is 5.52 Å². The molecular formula is C19H22FN5. The topological polar surface area (TPSA) is 56.8 Å². The monoisotopic (exact) mass is 339 g/mol. The summed E-state index contributed by atoms with van der Waals surface area (Å²) in [5, 5.41) is 13.5. The van der Waals surface area contributed by atoms with E-state index in [4.69, 9.17) is 0 Å². The minimum absolute atomic E-state index is 0.254. The van der Waals surface area contributed by atoms with Gasteiger partial charge in [0.15, 0.2) is 5.82 Å². The standard InChI is InChI=1S/C19H22FN5/c1-12-10-21-18-16(12)19(22-15-4-3-9-25(2)11-15)24-23-17(18)13-5-7-14(20)8-6-13/h5-8,10,15,21H,3-4,9,11H2,1-2H3,(H,22,24)/t15-/m1/s1. The van der Waals surface area contributed by atoms with Gasteiger partial charge in [-0.05, 0) is 63.2 Å². The number of hydrogen-bond acceptors (Lipinski definition) is 4. The van der Waals surface area contributed by atoms with Crippen molar-refractivity contribution in [1.82, 2.24) is 20.1 Å². The van der Waals surface area contributed by atoms with E-state index in [1.807, 2.05) is 6.20 Å². The van der Waals surface area contributed by atoms with Gasteiger partial charge >= 0.3 is 0 Å². The van der Waals surface area contributed by atoms with Crippen LogP contribution in [0.15, 0.2) is 30.5 Å². The van der Waals surface area contributed by atoms with Crippen LogP contribution in [0, 0.1) is 12.7 Å². The molecule has 1 fully saturated rings. The Bertz CT molecular complexity index is 887. The second kappa shape index (κ2) is 6.44. The third kappa shape index (κ3) is 3.09. The minimum atomic E-state index is -0.254. The van der Waals surface area contributed by atoms with Gasteiger partial charge in [0.2, 0.25) is 0 Å². The number of likely N-dealkylation sites (tertiary alicyclic amines) is 1. The number of benzene rings is 1. The van der Waals surface area contributed by atoms with Crippen LogP contribution in [0.2, 0.25) is 0 Å². The highest BCUT2D eigenvalue weighted by atomic mass is 19.1. The predicted octanol–water partition coefficient (Wildman–Crippen LogP) is 3.58. The fourth-order valence-corrected chi connectivity index (χ4v) is 3.60. The van der Waals surface area contributed by atoms with Crippen molar-refractivity contribution < 1.29 is 4.39 Å². The summed E-state index contributed by atoms with van der Waals surface area (Å²) in [6, 6.07) is 6.74. The van der Waals surface area contributed by atoms with E-state index in [0.717, 1.165) is 53.1 Å². The Morgan fingerprint density at radius 2 is 2.04 bits per heavy atom. The summed E-state index contributed by atoms with van der Waals surface area (Å²) in [7, 11) is 2.15. The molecule has 1 aliphatic heterocycles. The molecule has 1 saturated heterocycles. The van der Waals surface area contributed by atoms with Gasteiger partial charge in [-0.2, -0.15) is 0 Å². The van der Waals surface area contributed by atoms with Crippen LogP contribution in [0.5, 0.6) is 0 Å². The second-order valence-electron chi connectivity index (χ2n) is 6.87. The third-order valence-electron chi connectivity index (χ3n) is 4.88. The molecule has 0 saturated carbocycles. The molecule has 3 aromatic rings. The van der Waals surface area contributed by atoms with Crippen molar-refractivity contribution in [2.45, 2.75) is 25.8 Å². The molecule has 0 radical (unpaired) electrons. The maximum atomic E-state index is 13.2. The number of rotatable bonds is 3. The van der Waals surface area contributed by atoms with E-state index in [1.165, 1.54) is 18.6 Å². The van der Waals surface area contributed by atoms with Crippen molar-refractivity contribution in [2.24, 2.45) is 0 Å². The Balaban J connectivity index is 1.73. The van der Waals surface area contributed by atoms with Gasteiger partial charge < -0.3 is 15.2 Å². The Morgan fingerprint density at radius 1 is 1.24 bits per heavy atom. The first-order chi connectivity index (χ1) is 12.1. The summed E-state index contributed by atoms with van der Waals surface area (Å²) in [5.41, 5.74) is 3.66. The molecule has 2 aromatic heterocycles. The molecule has 25 heavy (non-hydrogen) atoms. The van der Waals surface area contributed by atoms with Crippen LogP contribution in [0.3, 0.4) is 0 Å². The second-order valence-corrected chi connectivity index (χ2v) is 6.87. The number of hydrogen-bond donors (Lipinski definition) is 2. The van der Waals surface area contributed by atoms with Crippen molar-refractivity contribution in [3.8, 4) is 11.3 Å². The number of aromatic amines is 1. The summed E-state index contributed by atoms with van der Waals surface area (Å²) in [6.07, 6.45) is 4.29. The van der Waals surface area contributed by atoms with E-state index in [9.17, 15) is 4.39 Å². The average molecular weight is 339 g/mol. The Labute approximate surface area is 146 Å². The fraction of sp³-hybridized carbons (Fsp3) is 0.368.